The summed E-state index contributed by atoms with van der Waals surface area (Å²) < 4.78 is 0. The lowest BCUT2D eigenvalue weighted by Crippen LogP contribution is -2.33. The van der Waals surface area contributed by atoms with E-state index in [9.17, 15) is 14.4 Å². The number of hydrogen-bond acceptors (Lipinski definition) is 3. The maximum atomic E-state index is 13.0. The van der Waals surface area contributed by atoms with Crippen molar-refractivity contribution in [3.8, 4) is 0 Å². The molecule has 1 N–H and O–H groups in total. The Balaban J connectivity index is 1.36. The zero-order valence-corrected chi connectivity index (χ0v) is 17.4. The zero-order valence-electron chi connectivity index (χ0n) is 16.7. The quantitative estimate of drug-likeness (QED) is 0.582. The van der Waals surface area contributed by atoms with Gasteiger partial charge in [-0.1, -0.05) is 29.3 Å². The molecule has 1 aliphatic heterocycles. The van der Waals surface area contributed by atoms with E-state index in [1.165, 1.54) is 10.5 Å². The molecule has 2 aliphatic carbocycles. The number of allylic oxidation sites excluding steroid dienone is 2. The second-order valence-corrected chi connectivity index (χ2v) is 8.80. The number of anilines is 2. The molecule has 0 unspecified atom stereocenters. The highest BCUT2D eigenvalue weighted by Gasteiger charge is 2.60. The summed E-state index contributed by atoms with van der Waals surface area (Å²) in [7, 11) is 0. The van der Waals surface area contributed by atoms with Gasteiger partial charge in [0.1, 0.15) is 0 Å². The van der Waals surface area contributed by atoms with Gasteiger partial charge in [-0.15, -0.1) is 0 Å². The molecule has 3 aliphatic rings. The minimum absolute atomic E-state index is 0.114. The van der Waals surface area contributed by atoms with E-state index in [2.05, 4.69) is 18.3 Å². The van der Waals surface area contributed by atoms with Crippen molar-refractivity contribution in [1.29, 1.82) is 0 Å². The first-order valence-electron chi connectivity index (χ1n) is 10.1. The van der Waals surface area contributed by atoms with Crippen LogP contribution >= 0.6 is 11.6 Å². The fourth-order valence-electron chi connectivity index (χ4n) is 5.23. The summed E-state index contributed by atoms with van der Waals surface area (Å²) in [4.78, 5) is 40.0. The molecule has 0 radical (unpaired) electrons. The van der Waals surface area contributed by atoms with E-state index >= 15 is 0 Å². The Hall–Kier alpha value is -2.92. The average molecular weight is 421 g/mol. The maximum absolute atomic E-state index is 13.0. The van der Waals surface area contributed by atoms with Crippen molar-refractivity contribution >= 4 is 40.7 Å². The minimum atomic E-state index is -0.277. The van der Waals surface area contributed by atoms with Crippen molar-refractivity contribution < 1.29 is 14.4 Å². The number of fused-ring (bicyclic) bond motifs is 5. The van der Waals surface area contributed by atoms with Crippen molar-refractivity contribution in [2.45, 2.75) is 20.3 Å². The molecule has 6 heteroatoms. The average Bonchev–Trinajstić information content (AvgIpc) is 3.36. The summed E-state index contributed by atoms with van der Waals surface area (Å²) in [5.74, 6) is -0.619. The van der Waals surface area contributed by atoms with Crippen LogP contribution in [-0.2, 0) is 9.59 Å². The predicted molar refractivity (Wildman–Crippen MR) is 115 cm³/mol. The molecule has 1 heterocycles. The molecule has 5 nitrogen and oxygen atoms in total. The normalized spacial score (nSPS) is 26.8. The van der Waals surface area contributed by atoms with Crippen LogP contribution in [0, 0.1) is 30.6 Å². The van der Waals surface area contributed by atoms with Gasteiger partial charge in [0.25, 0.3) is 5.91 Å². The maximum Gasteiger partial charge on any atom is 0.255 e. The van der Waals surface area contributed by atoms with Crippen LogP contribution < -0.4 is 10.2 Å². The first-order valence-corrected chi connectivity index (χ1v) is 10.5. The number of benzene rings is 2. The Kier molecular flexibility index (Phi) is 4.33. The summed E-state index contributed by atoms with van der Waals surface area (Å²) >= 11 is 6.11. The molecular formula is C24H21ClN2O3. The predicted octanol–water partition coefficient (Wildman–Crippen LogP) is 4.60. The van der Waals surface area contributed by atoms with Gasteiger partial charge in [0.2, 0.25) is 11.8 Å². The van der Waals surface area contributed by atoms with Crippen molar-refractivity contribution in [3.05, 3.63) is 70.3 Å². The monoisotopic (exact) mass is 420 g/mol. The summed E-state index contributed by atoms with van der Waals surface area (Å²) in [6.45, 7) is 3.89. The highest BCUT2D eigenvalue weighted by Crippen LogP contribution is 2.55. The topological polar surface area (TPSA) is 66.5 Å². The largest absolute Gasteiger partial charge is 0.322 e. The first kappa shape index (κ1) is 19.1. The lowest BCUT2D eigenvalue weighted by molar-refractivity contribution is -0.123. The van der Waals surface area contributed by atoms with Crippen molar-refractivity contribution in [2.75, 3.05) is 10.2 Å². The molecule has 1 saturated carbocycles. The molecular weight excluding hydrogens is 400 g/mol. The van der Waals surface area contributed by atoms with E-state index in [-0.39, 0.29) is 41.4 Å². The van der Waals surface area contributed by atoms with Gasteiger partial charge in [0.05, 0.1) is 17.5 Å². The van der Waals surface area contributed by atoms with Crippen molar-refractivity contribution in [1.82, 2.24) is 0 Å². The molecule has 5 rings (SSSR count). The smallest absolute Gasteiger partial charge is 0.255 e. The zero-order chi connectivity index (χ0) is 21.2. The number of halogens is 1. The fraction of sp³-hybridized carbons (Fsp3) is 0.292. The summed E-state index contributed by atoms with van der Waals surface area (Å²) in [6, 6.07) is 11.9. The number of carbonyl (C=O) groups excluding carboxylic acids is 3. The van der Waals surface area contributed by atoms with E-state index in [4.69, 9.17) is 11.6 Å². The Morgan fingerprint density at radius 3 is 2.47 bits per heavy atom. The van der Waals surface area contributed by atoms with Crippen LogP contribution in [0.15, 0.2) is 54.1 Å². The molecule has 3 amide bonds. The van der Waals surface area contributed by atoms with E-state index in [0.29, 0.717) is 22.0 Å². The van der Waals surface area contributed by atoms with Crippen LogP contribution in [0.5, 0.6) is 0 Å². The molecule has 2 aromatic carbocycles. The van der Waals surface area contributed by atoms with Gasteiger partial charge >= 0.3 is 0 Å². The molecule has 152 valence electrons. The molecule has 30 heavy (non-hydrogen) atoms. The van der Waals surface area contributed by atoms with Gasteiger partial charge in [-0.3, -0.25) is 19.3 Å². The lowest BCUT2D eigenvalue weighted by atomic mass is 9.82. The standard InChI is InChI=1S/C24H21ClN2O3/c1-12-10-15-11-17(12)21-20(15)23(29)27(24(21)30)16-8-6-14(7-9-16)22(28)26-19-5-3-4-18(25)13(19)2/h3-10,15,17,20-21H,11H2,1-2H3,(H,26,28)/t15-,17+,20-,21-/m0/s1. The van der Waals surface area contributed by atoms with Gasteiger partial charge in [-0.2, -0.15) is 0 Å². The van der Waals surface area contributed by atoms with Crippen molar-refractivity contribution in [3.63, 3.8) is 0 Å². The fourth-order valence-corrected chi connectivity index (χ4v) is 5.40. The number of nitrogens with one attached hydrogen (secondary N) is 1. The third-order valence-electron chi connectivity index (χ3n) is 6.78. The number of imide groups is 1. The number of hydrogen-bond donors (Lipinski definition) is 1. The molecule has 2 bridgehead atoms. The number of amides is 3. The Labute approximate surface area is 179 Å². The molecule has 0 aromatic heterocycles. The highest BCUT2D eigenvalue weighted by molar-refractivity contribution is 6.31. The van der Waals surface area contributed by atoms with Crippen LogP contribution in [0.2, 0.25) is 5.02 Å². The van der Waals surface area contributed by atoms with Crippen molar-refractivity contribution in [2.24, 2.45) is 23.7 Å². The van der Waals surface area contributed by atoms with Gasteiger partial charge in [0, 0.05) is 16.3 Å². The van der Waals surface area contributed by atoms with Crippen LogP contribution in [0.1, 0.15) is 29.3 Å². The molecule has 4 atom stereocenters. The summed E-state index contributed by atoms with van der Waals surface area (Å²) in [5, 5.41) is 3.44. The third kappa shape index (κ3) is 2.72. The molecule has 2 aromatic rings. The second-order valence-electron chi connectivity index (χ2n) is 8.39. The van der Waals surface area contributed by atoms with Gasteiger partial charge < -0.3 is 5.32 Å². The number of nitrogens with zero attached hydrogens (tertiary/aromatic N) is 1. The van der Waals surface area contributed by atoms with Gasteiger partial charge in [-0.05, 0) is 74.1 Å². The van der Waals surface area contributed by atoms with E-state index in [1.54, 1.807) is 42.5 Å². The lowest BCUT2D eigenvalue weighted by Gasteiger charge is -2.19. The Morgan fingerprint density at radius 1 is 1.03 bits per heavy atom. The third-order valence-corrected chi connectivity index (χ3v) is 7.19. The van der Waals surface area contributed by atoms with Crippen LogP contribution in [0.4, 0.5) is 11.4 Å². The van der Waals surface area contributed by atoms with E-state index in [0.717, 1.165) is 12.0 Å². The van der Waals surface area contributed by atoms with Gasteiger partial charge in [0.15, 0.2) is 0 Å². The van der Waals surface area contributed by atoms with Crippen LogP contribution in [-0.4, -0.2) is 17.7 Å². The van der Waals surface area contributed by atoms with Gasteiger partial charge in [-0.25, -0.2) is 0 Å². The summed E-state index contributed by atoms with van der Waals surface area (Å²) in [5.41, 5.74) is 3.63. The SMILES string of the molecule is CC1=C[C@H]2C[C@H]1[C@@H]1C(=O)N(c3ccc(C(=O)Nc4cccc(Cl)c4C)cc3)C(=O)[C@H]12. The minimum Gasteiger partial charge on any atom is -0.322 e. The molecule has 1 saturated heterocycles. The first-order chi connectivity index (χ1) is 14.4. The van der Waals surface area contributed by atoms with Crippen LogP contribution in [0.25, 0.3) is 0 Å². The Bertz CT molecular complexity index is 1120. The summed E-state index contributed by atoms with van der Waals surface area (Å²) in [6.07, 6.45) is 3.07. The number of carbonyl (C=O) groups is 3. The number of rotatable bonds is 3. The van der Waals surface area contributed by atoms with E-state index in [1.807, 2.05) is 6.92 Å². The highest BCUT2D eigenvalue weighted by atomic mass is 35.5. The second kappa shape index (κ2) is 6.81. The molecule has 2 fully saturated rings. The van der Waals surface area contributed by atoms with Crippen LogP contribution in [0.3, 0.4) is 0 Å². The molecule has 0 spiro atoms. The van der Waals surface area contributed by atoms with E-state index < -0.39 is 0 Å². The Morgan fingerprint density at radius 2 is 1.73 bits per heavy atom.